The van der Waals surface area contributed by atoms with Gasteiger partial charge in [-0.15, -0.1) is 0 Å². The number of ether oxygens (including phenoxy) is 12. The fourth-order valence-corrected chi connectivity index (χ4v) is 3.92. The van der Waals surface area contributed by atoms with E-state index in [0.29, 0.717) is 139 Å². The van der Waals surface area contributed by atoms with Crippen LogP contribution in [0.2, 0.25) is 0 Å². The van der Waals surface area contributed by atoms with E-state index >= 15 is 0 Å². The molecule has 0 spiro atoms. The molecule has 0 aliphatic heterocycles. The van der Waals surface area contributed by atoms with Crippen molar-refractivity contribution < 1.29 is 66.7 Å². The number of hydrogen-bond acceptors (Lipinski definition) is 13. The van der Waals surface area contributed by atoms with Crippen molar-refractivity contribution in [2.75, 3.05) is 159 Å². The quantitative estimate of drug-likeness (QED) is 0.0926. The van der Waals surface area contributed by atoms with Crippen molar-refractivity contribution in [2.45, 2.75) is 58.3 Å². The fourth-order valence-electron chi connectivity index (χ4n) is 3.92. The topological polar surface area (TPSA) is 148 Å². The Hall–Kier alpha value is -1.01. The molecule has 0 aromatic carbocycles. The number of rotatable bonds is 44. The van der Waals surface area contributed by atoms with Crippen LogP contribution in [-0.4, -0.2) is 170 Å². The SMILES string of the molecule is CCCCCCCCCCOCCOCCOCCOCCOCCOCCOCCOCCOCCOCCOCCOCC(=O)O. The Morgan fingerprint density at radius 1 is 0.312 bits per heavy atom. The largest absolute Gasteiger partial charge is 0.480 e. The Kier molecular flexibility index (Phi) is 43.1. The molecule has 0 rings (SSSR count). The van der Waals surface area contributed by atoms with Crippen LogP contribution in [0.5, 0.6) is 0 Å². The Balaban J connectivity index is 3.04. The predicted molar refractivity (Wildman–Crippen MR) is 180 cm³/mol. The summed E-state index contributed by atoms with van der Waals surface area (Å²) in [5.74, 6) is -0.994. The summed E-state index contributed by atoms with van der Waals surface area (Å²) in [5.41, 5.74) is 0. The first kappa shape index (κ1) is 47.0. The zero-order valence-electron chi connectivity index (χ0n) is 29.9. The van der Waals surface area contributed by atoms with Crippen LogP contribution in [0, 0.1) is 0 Å². The molecule has 0 aliphatic rings. The van der Waals surface area contributed by atoms with E-state index in [1.165, 1.54) is 44.9 Å². The molecule has 14 heteroatoms. The Morgan fingerprint density at radius 2 is 0.521 bits per heavy atom. The van der Waals surface area contributed by atoms with Gasteiger partial charge in [0, 0.05) is 6.61 Å². The Bertz CT molecular complexity index is 602. The van der Waals surface area contributed by atoms with Crippen molar-refractivity contribution in [3.63, 3.8) is 0 Å². The van der Waals surface area contributed by atoms with Gasteiger partial charge >= 0.3 is 5.97 Å². The van der Waals surface area contributed by atoms with E-state index in [-0.39, 0.29) is 13.2 Å². The molecule has 0 radical (unpaired) electrons. The van der Waals surface area contributed by atoms with Gasteiger partial charge in [-0.25, -0.2) is 4.79 Å². The molecule has 14 nitrogen and oxygen atoms in total. The molecule has 0 aliphatic carbocycles. The summed E-state index contributed by atoms with van der Waals surface area (Å²) in [6.45, 7) is 13.5. The lowest BCUT2D eigenvalue weighted by atomic mass is 10.1. The summed E-state index contributed by atoms with van der Waals surface area (Å²) in [6, 6.07) is 0. The maximum atomic E-state index is 10.3. The van der Waals surface area contributed by atoms with Crippen molar-refractivity contribution in [2.24, 2.45) is 0 Å². The van der Waals surface area contributed by atoms with Gasteiger partial charge in [0.25, 0.3) is 0 Å². The third-order valence-electron chi connectivity index (χ3n) is 6.46. The normalized spacial score (nSPS) is 11.5. The Morgan fingerprint density at radius 3 is 0.771 bits per heavy atom. The lowest BCUT2D eigenvalue weighted by Crippen LogP contribution is -2.15. The molecule has 0 atom stereocenters. The molecule has 0 bridgehead atoms. The molecule has 0 heterocycles. The lowest BCUT2D eigenvalue weighted by Gasteiger charge is -2.09. The number of hydrogen-bond donors (Lipinski definition) is 1. The lowest BCUT2D eigenvalue weighted by molar-refractivity contribution is -0.142. The van der Waals surface area contributed by atoms with Gasteiger partial charge in [0.05, 0.1) is 145 Å². The molecular weight excluding hydrogens is 632 g/mol. The molecule has 48 heavy (non-hydrogen) atoms. The highest BCUT2D eigenvalue weighted by molar-refractivity contribution is 5.67. The van der Waals surface area contributed by atoms with Crippen LogP contribution < -0.4 is 0 Å². The fraction of sp³-hybridized carbons (Fsp3) is 0.971. The highest BCUT2D eigenvalue weighted by Crippen LogP contribution is 2.08. The van der Waals surface area contributed by atoms with Crippen molar-refractivity contribution in [3.05, 3.63) is 0 Å². The van der Waals surface area contributed by atoms with Gasteiger partial charge in [0.1, 0.15) is 6.61 Å². The highest BCUT2D eigenvalue weighted by atomic mass is 16.6. The molecule has 0 saturated carbocycles. The second-order valence-corrected chi connectivity index (χ2v) is 10.7. The zero-order chi connectivity index (χ0) is 34.7. The van der Waals surface area contributed by atoms with Crippen LogP contribution in [0.25, 0.3) is 0 Å². The molecule has 0 fully saturated rings. The average molecular weight is 701 g/mol. The number of carboxylic acids is 1. The molecular formula is C34H68O14. The monoisotopic (exact) mass is 700 g/mol. The minimum atomic E-state index is -0.994. The summed E-state index contributed by atoms with van der Waals surface area (Å²) < 4.78 is 64.9. The van der Waals surface area contributed by atoms with E-state index in [9.17, 15) is 4.79 Å². The summed E-state index contributed by atoms with van der Waals surface area (Å²) in [6.07, 6.45) is 10.5. The van der Waals surface area contributed by atoms with E-state index in [2.05, 4.69) is 6.92 Å². The first-order valence-corrected chi connectivity index (χ1v) is 17.9. The van der Waals surface area contributed by atoms with E-state index in [1.54, 1.807) is 0 Å². The molecule has 0 amide bonds. The standard InChI is InChI=1S/C34H68O14/c1-2-3-4-5-6-7-8-9-10-37-11-12-38-13-14-39-15-16-40-17-18-41-19-20-42-21-22-43-23-24-44-25-26-45-27-28-46-29-30-47-31-32-48-33-34(35)36/h2-33H2,1H3,(H,35,36). The average Bonchev–Trinajstić information content (AvgIpc) is 3.08. The third kappa shape index (κ3) is 45.0. The zero-order valence-corrected chi connectivity index (χ0v) is 29.9. The minimum absolute atomic E-state index is 0.243. The highest BCUT2D eigenvalue weighted by Gasteiger charge is 1.98. The van der Waals surface area contributed by atoms with Gasteiger partial charge in [0.2, 0.25) is 0 Å². The van der Waals surface area contributed by atoms with Gasteiger partial charge in [-0.05, 0) is 6.42 Å². The summed E-state index contributed by atoms with van der Waals surface area (Å²) in [5, 5.41) is 8.43. The van der Waals surface area contributed by atoms with E-state index in [0.717, 1.165) is 13.0 Å². The van der Waals surface area contributed by atoms with Crippen LogP contribution in [0.4, 0.5) is 0 Å². The third-order valence-corrected chi connectivity index (χ3v) is 6.46. The second-order valence-electron chi connectivity index (χ2n) is 10.7. The van der Waals surface area contributed by atoms with Crippen LogP contribution in [0.15, 0.2) is 0 Å². The predicted octanol–water partition coefficient (Wildman–Crippen LogP) is 3.41. The molecule has 0 saturated heterocycles. The number of unbranched alkanes of at least 4 members (excludes halogenated alkanes) is 7. The van der Waals surface area contributed by atoms with Crippen molar-refractivity contribution in [1.82, 2.24) is 0 Å². The van der Waals surface area contributed by atoms with Gasteiger partial charge in [-0.3, -0.25) is 0 Å². The summed E-state index contributed by atoms with van der Waals surface area (Å²) in [7, 11) is 0. The maximum absolute atomic E-state index is 10.3. The van der Waals surface area contributed by atoms with Gasteiger partial charge in [0.15, 0.2) is 0 Å². The van der Waals surface area contributed by atoms with Crippen LogP contribution in [0.1, 0.15) is 58.3 Å². The first-order chi connectivity index (χ1) is 23.8. The molecule has 0 aromatic rings. The first-order valence-electron chi connectivity index (χ1n) is 17.9. The summed E-state index contributed by atoms with van der Waals surface area (Å²) >= 11 is 0. The summed E-state index contributed by atoms with van der Waals surface area (Å²) in [4.78, 5) is 10.3. The second kappa shape index (κ2) is 44.0. The van der Waals surface area contributed by atoms with E-state index in [4.69, 9.17) is 61.9 Å². The number of carbonyl (C=O) groups is 1. The van der Waals surface area contributed by atoms with Crippen molar-refractivity contribution in [1.29, 1.82) is 0 Å². The van der Waals surface area contributed by atoms with Crippen molar-refractivity contribution >= 4 is 5.97 Å². The van der Waals surface area contributed by atoms with Gasteiger partial charge in [-0.1, -0.05) is 51.9 Å². The smallest absolute Gasteiger partial charge is 0.329 e. The minimum Gasteiger partial charge on any atom is -0.480 e. The van der Waals surface area contributed by atoms with Crippen LogP contribution >= 0.6 is 0 Å². The molecule has 0 unspecified atom stereocenters. The van der Waals surface area contributed by atoms with Crippen LogP contribution in [0.3, 0.4) is 0 Å². The van der Waals surface area contributed by atoms with Gasteiger partial charge < -0.3 is 61.9 Å². The molecule has 0 aromatic heterocycles. The van der Waals surface area contributed by atoms with E-state index in [1.807, 2.05) is 0 Å². The van der Waals surface area contributed by atoms with Crippen molar-refractivity contribution in [3.8, 4) is 0 Å². The number of carboxylic acid groups (broad SMARTS) is 1. The maximum Gasteiger partial charge on any atom is 0.329 e. The molecule has 288 valence electrons. The number of aliphatic carboxylic acids is 1. The van der Waals surface area contributed by atoms with Crippen LogP contribution in [-0.2, 0) is 61.6 Å². The Labute approximate surface area is 289 Å². The van der Waals surface area contributed by atoms with E-state index < -0.39 is 5.97 Å². The molecule has 1 N–H and O–H groups in total. The van der Waals surface area contributed by atoms with Gasteiger partial charge in [-0.2, -0.15) is 0 Å².